The molecule has 0 bridgehead atoms. The van der Waals surface area contributed by atoms with Crippen molar-refractivity contribution >= 4 is 5.78 Å². The molecule has 0 unspecified atom stereocenters. The minimum atomic E-state index is -0.432. The molecule has 0 aliphatic rings. The van der Waals surface area contributed by atoms with Gasteiger partial charge in [-0.2, -0.15) is 0 Å². The molecule has 2 nitrogen and oxygen atoms in total. The second-order valence-electron chi connectivity index (χ2n) is 4.74. The summed E-state index contributed by atoms with van der Waals surface area (Å²) in [4.78, 5) is 11.1. The smallest absolute Gasteiger partial charge is 0.133 e. The summed E-state index contributed by atoms with van der Waals surface area (Å²) in [5, 5.41) is 0. The molecule has 2 heteroatoms. The number of Topliss-reactive ketones (excluding diaryl/α,β-unsaturated/α-hetero) is 1. The largest absolute Gasteiger partial charge is 0.487 e. The van der Waals surface area contributed by atoms with E-state index >= 15 is 0 Å². The minimum absolute atomic E-state index is 0.150. The lowest BCUT2D eigenvalue weighted by Crippen LogP contribution is -2.30. The first-order valence-corrected chi connectivity index (χ1v) is 5.70. The van der Waals surface area contributed by atoms with E-state index in [9.17, 15) is 4.79 Å². The van der Waals surface area contributed by atoms with Crippen LogP contribution >= 0.6 is 0 Å². The predicted octanol–water partition coefficient (Wildman–Crippen LogP) is 3.39. The molecule has 0 radical (unpaired) electrons. The number of carbonyl (C=O) groups is 1. The van der Waals surface area contributed by atoms with Crippen LogP contribution in [0.3, 0.4) is 0 Å². The van der Waals surface area contributed by atoms with Gasteiger partial charge in [-0.05, 0) is 44.9 Å². The van der Waals surface area contributed by atoms with E-state index in [0.29, 0.717) is 6.42 Å². The second kappa shape index (κ2) is 5.15. The molecule has 1 aromatic carbocycles. The molecule has 0 atom stereocenters. The van der Waals surface area contributed by atoms with Gasteiger partial charge in [0.25, 0.3) is 0 Å². The van der Waals surface area contributed by atoms with E-state index in [1.807, 2.05) is 32.0 Å². The summed E-state index contributed by atoms with van der Waals surface area (Å²) in [5.41, 5.74) is 0.814. The van der Waals surface area contributed by atoms with Gasteiger partial charge in [0.2, 0.25) is 0 Å². The maximum absolute atomic E-state index is 11.1. The Morgan fingerprint density at radius 1 is 1.38 bits per heavy atom. The fraction of sp³-hybridized carbons (Fsp3) is 0.500. The molecule has 0 heterocycles. The van der Waals surface area contributed by atoms with E-state index in [2.05, 4.69) is 13.0 Å². The van der Waals surface area contributed by atoms with Crippen LogP contribution in [0.2, 0.25) is 0 Å². The lowest BCUT2D eigenvalue weighted by molar-refractivity contribution is -0.120. The summed E-state index contributed by atoms with van der Waals surface area (Å²) < 4.78 is 5.83. The molecular formula is C14H20O2. The fourth-order valence-corrected chi connectivity index (χ4v) is 1.78. The number of carbonyl (C=O) groups excluding carboxylic acids is 1. The van der Waals surface area contributed by atoms with Gasteiger partial charge in [0, 0.05) is 6.42 Å². The Bertz CT molecular complexity index is 367. The third-order valence-corrected chi connectivity index (χ3v) is 2.38. The maximum atomic E-state index is 11.1. The van der Waals surface area contributed by atoms with Gasteiger partial charge < -0.3 is 4.74 Å². The standard InChI is InChI=1S/C14H20O2/c1-5-12-7-6-8-13(9-12)16-14(3,4)10-11(2)15/h6-9H,5,10H2,1-4H3. The predicted molar refractivity (Wildman–Crippen MR) is 65.8 cm³/mol. The van der Waals surface area contributed by atoms with Crippen molar-refractivity contribution in [1.29, 1.82) is 0 Å². The van der Waals surface area contributed by atoms with Crippen LogP contribution in [0.4, 0.5) is 0 Å². The summed E-state index contributed by atoms with van der Waals surface area (Å²) in [6, 6.07) is 8.02. The molecule has 1 aromatic rings. The summed E-state index contributed by atoms with van der Waals surface area (Å²) in [6.07, 6.45) is 1.42. The van der Waals surface area contributed by atoms with E-state index in [0.717, 1.165) is 12.2 Å². The van der Waals surface area contributed by atoms with E-state index in [4.69, 9.17) is 4.74 Å². The Hall–Kier alpha value is -1.31. The number of ether oxygens (including phenoxy) is 1. The molecule has 0 saturated carbocycles. The van der Waals surface area contributed by atoms with Crippen LogP contribution in [0.15, 0.2) is 24.3 Å². The summed E-state index contributed by atoms with van der Waals surface area (Å²) >= 11 is 0. The quantitative estimate of drug-likeness (QED) is 0.760. The highest BCUT2D eigenvalue weighted by atomic mass is 16.5. The van der Waals surface area contributed by atoms with E-state index < -0.39 is 5.60 Å². The molecule has 0 fully saturated rings. The molecular weight excluding hydrogens is 200 g/mol. The number of benzene rings is 1. The SMILES string of the molecule is CCc1cccc(OC(C)(C)CC(C)=O)c1. The minimum Gasteiger partial charge on any atom is -0.487 e. The highest BCUT2D eigenvalue weighted by molar-refractivity contribution is 5.76. The Morgan fingerprint density at radius 3 is 2.62 bits per heavy atom. The van der Waals surface area contributed by atoms with Crippen molar-refractivity contribution in [2.24, 2.45) is 0 Å². The normalized spacial score (nSPS) is 11.2. The first kappa shape index (κ1) is 12.8. The molecule has 1 rings (SSSR count). The van der Waals surface area contributed by atoms with Crippen molar-refractivity contribution in [3.63, 3.8) is 0 Å². The topological polar surface area (TPSA) is 26.3 Å². The molecule has 0 saturated heterocycles. The summed E-state index contributed by atoms with van der Waals surface area (Å²) in [6.45, 7) is 7.58. The molecule has 88 valence electrons. The van der Waals surface area contributed by atoms with Crippen molar-refractivity contribution in [1.82, 2.24) is 0 Å². The lowest BCUT2D eigenvalue weighted by atomic mass is 10.0. The van der Waals surface area contributed by atoms with Gasteiger partial charge in [0.05, 0.1) is 0 Å². The Balaban J connectivity index is 2.75. The van der Waals surface area contributed by atoms with E-state index in [-0.39, 0.29) is 5.78 Å². The average Bonchev–Trinajstić information content (AvgIpc) is 2.15. The molecule has 0 amide bonds. The first-order valence-electron chi connectivity index (χ1n) is 5.70. The van der Waals surface area contributed by atoms with Gasteiger partial charge in [-0.1, -0.05) is 19.1 Å². The molecule has 0 spiro atoms. The van der Waals surface area contributed by atoms with Crippen molar-refractivity contribution in [3.8, 4) is 5.75 Å². The Morgan fingerprint density at radius 2 is 2.06 bits per heavy atom. The number of hydrogen-bond acceptors (Lipinski definition) is 2. The molecule has 0 aromatic heterocycles. The number of aryl methyl sites for hydroxylation is 1. The van der Waals surface area contributed by atoms with Gasteiger partial charge in [0.1, 0.15) is 17.1 Å². The van der Waals surface area contributed by atoms with Crippen molar-refractivity contribution in [2.45, 2.75) is 46.1 Å². The Kier molecular flexibility index (Phi) is 4.11. The van der Waals surface area contributed by atoms with E-state index in [1.165, 1.54) is 5.56 Å². The third kappa shape index (κ3) is 4.05. The van der Waals surface area contributed by atoms with Crippen LogP contribution in [0.5, 0.6) is 5.75 Å². The second-order valence-corrected chi connectivity index (χ2v) is 4.74. The van der Waals surface area contributed by atoms with Crippen molar-refractivity contribution in [2.75, 3.05) is 0 Å². The van der Waals surface area contributed by atoms with Crippen molar-refractivity contribution < 1.29 is 9.53 Å². The van der Waals surface area contributed by atoms with Crippen molar-refractivity contribution in [3.05, 3.63) is 29.8 Å². The van der Waals surface area contributed by atoms with Crippen LogP contribution in [-0.4, -0.2) is 11.4 Å². The average molecular weight is 220 g/mol. The zero-order chi connectivity index (χ0) is 12.2. The van der Waals surface area contributed by atoms with Gasteiger partial charge in [-0.15, -0.1) is 0 Å². The van der Waals surface area contributed by atoms with Gasteiger partial charge in [-0.3, -0.25) is 4.79 Å². The Labute approximate surface area is 97.6 Å². The fourth-order valence-electron chi connectivity index (χ4n) is 1.78. The summed E-state index contributed by atoms with van der Waals surface area (Å²) in [7, 11) is 0. The van der Waals surface area contributed by atoms with E-state index in [1.54, 1.807) is 6.92 Å². The van der Waals surface area contributed by atoms with Crippen LogP contribution in [0.25, 0.3) is 0 Å². The molecule has 0 N–H and O–H groups in total. The zero-order valence-corrected chi connectivity index (χ0v) is 10.5. The summed E-state index contributed by atoms with van der Waals surface area (Å²) in [5.74, 6) is 0.988. The van der Waals surface area contributed by atoms with Crippen LogP contribution in [-0.2, 0) is 11.2 Å². The van der Waals surface area contributed by atoms with Crippen LogP contribution in [0.1, 0.15) is 39.7 Å². The number of rotatable bonds is 5. The monoisotopic (exact) mass is 220 g/mol. The zero-order valence-electron chi connectivity index (χ0n) is 10.5. The highest BCUT2D eigenvalue weighted by Crippen LogP contribution is 2.22. The molecule has 0 aliphatic carbocycles. The highest BCUT2D eigenvalue weighted by Gasteiger charge is 2.21. The number of hydrogen-bond donors (Lipinski definition) is 0. The third-order valence-electron chi connectivity index (χ3n) is 2.38. The maximum Gasteiger partial charge on any atom is 0.133 e. The van der Waals surface area contributed by atoms with Gasteiger partial charge in [-0.25, -0.2) is 0 Å². The first-order chi connectivity index (χ1) is 7.43. The molecule has 0 aliphatic heterocycles. The molecule has 16 heavy (non-hydrogen) atoms. The van der Waals surface area contributed by atoms with Crippen LogP contribution in [0, 0.1) is 0 Å². The number of ketones is 1. The van der Waals surface area contributed by atoms with Gasteiger partial charge in [0.15, 0.2) is 0 Å². The van der Waals surface area contributed by atoms with Gasteiger partial charge >= 0.3 is 0 Å². The van der Waals surface area contributed by atoms with Crippen LogP contribution < -0.4 is 4.74 Å². The lowest BCUT2D eigenvalue weighted by Gasteiger charge is -2.25.